The molecule has 1 atom stereocenters. The molecule has 2 aliphatic carbocycles. The normalized spacial score (nSPS) is 18.8. The molecule has 1 fully saturated rings. The second kappa shape index (κ2) is 8.57. The lowest BCUT2D eigenvalue weighted by Crippen LogP contribution is -2.40. The van der Waals surface area contributed by atoms with Crippen LogP contribution in [0.5, 0.6) is 0 Å². The van der Waals surface area contributed by atoms with Crippen molar-refractivity contribution in [3.8, 4) is 0 Å². The van der Waals surface area contributed by atoms with E-state index in [1.807, 2.05) is 13.8 Å². The van der Waals surface area contributed by atoms with E-state index in [0.29, 0.717) is 17.7 Å². The summed E-state index contributed by atoms with van der Waals surface area (Å²) < 4.78 is 1.75. The van der Waals surface area contributed by atoms with Crippen molar-refractivity contribution in [3.63, 3.8) is 0 Å². The fraction of sp³-hybridized carbons (Fsp3) is 0.667. The second-order valence-corrected chi connectivity index (χ2v) is 10.3. The Kier molecular flexibility index (Phi) is 6.11. The van der Waals surface area contributed by atoms with E-state index in [1.165, 1.54) is 47.9 Å². The van der Waals surface area contributed by atoms with Crippen molar-refractivity contribution in [2.24, 2.45) is 0 Å². The molecule has 2 aliphatic rings. The smallest absolute Gasteiger partial charge is 0.263 e. The lowest BCUT2D eigenvalue weighted by Gasteiger charge is -2.24. The van der Waals surface area contributed by atoms with Gasteiger partial charge in [0.2, 0.25) is 5.91 Å². The molecule has 1 amide bonds. The van der Waals surface area contributed by atoms with Gasteiger partial charge in [0.1, 0.15) is 4.83 Å². The topological polar surface area (TPSA) is 64.0 Å². The van der Waals surface area contributed by atoms with E-state index in [1.54, 1.807) is 15.9 Å². The molecular weight excluding hydrogens is 390 g/mol. The zero-order valence-corrected chi connectivity index (χ0v) is 18.4. The number of amides is 1. The number of fused-ring (bicyclic) bond motifs is 3. The number of thiophene rings is 1. The molecule has 152 valence electrons. The van der Waals surface area contributed by atoms with Gasteiger partial charge in [0.15, 0.2) is 5.16 Å². The Morgan fingerprint density at radius 2 is 2.00 bits per heavy atom. The molecule has 28 heavy (non-hydrogen) atoms. The first kappa shape index (κ1) is 20.0. The molecule has 0 aliphatic heterocycles. The van der Waals surface area contributed by atoms with Crippen LogP contribution in [-0.4, -0.2) is 26.8 Å². The average Bonchev–Trinajstić information content (AvgIpc) is 3.07. The highest BCUT2D eigenvalue weighted by atomic mass is 32.2. The molecule has 0 spiro atoms. The van der Waals surface area contributed by atoms with E-state index in [2.05, 4.69) is 5.32 Å². The Morgan fingerprint density at radius 3 is 2.75 bits per heavy atom. The van der Waals surface area contributed by atoms with Crippen molar-refractivity contribution in [1.82, 2.24) is 14.9 Å². The molecule has 0 radical (unpaired) electrons. The lowest BCUT2D eigenvalue weighted by atomic mass is 9.95. The quantitative estimate of drug-likeness (QED) is 0.580. The number of aromatic nitrogens is 2. The molecule has 7 heteroatoms. The minimum atomic E-state index is -0.265. The molecule has 0 unspecified atom stereocenters. The Bertz CT molecular complexity index is 928. The highest BCUT2D eigenvalue weighted by Gasteiger charge is 2.25. The van der Waals surface area contributed by atoms with E-state index in [9.17, 15) is 9.59 Å². The maximum Gasteiger partial charge on any atom is 0.263 e. The number of hydrogen-bond donors (Lipinski definition) is 1. The zero-order valence-electron chi connectivity index (χ0n) is 16.8. The summed E-state index contributed by atoms with van der Waals surface area (Å²) >= 11 is 3.09. The highest BCUT2D eigenvalue weighted by molar-refractivity contribution is 8.00. The first-order valence-electron chi connectivity index (χ1n) is 10.6. The number of carbonyl (C=O) groups is 1. The molecule has 2 heterocycles. The van der Waals surface area contributed by atoms with Gasteiger partial charge in [-0.05, 0) is 57.9 Å². The number of nitrogens with one attached hydrogen (secondary N) is 1. The molecule has 2 aromatic heterocycles. The van der Waals surface area contributed by atoms with Crippen LogP contribution < -0.4 is 10.9 Å². The minimum absolute atomic E-state index is 0.0550. The molecule has 0 bridgehead atoms. The summed E-state index contributed by atoms with van der Waals surface area (Å²) in [4.78, 5) is 32.9. The number of thioether (sulfide) groups is 1. The van der Waals surface area contributed by atoms with E-state index >= 15 is 0 Å². The van der Waals surface area contributed by atoms with E-state index in [-0.39, 0.29) is 16.7 Å². The Labute approximate surface area is 174 Å². The van der Waals surface area contributed by atoms with E-state index < -0.39 is 0 Å². The van der Waals surface area contributed by atoms with Gasteiger partial charge in [-0.2, -0.15) is 0 Å². The first-order valence-corrected chi connectivity index (χ1v) is 12.3. The van der Waals surface area contributed by atoms with E-state index in [0.717, 1.165) is 42.3 Å². The van der Waals surface area contributed by atoms with Gasteiger partial charge in [-0.15, -0.1) is 11.3 Å². The number of aryl methyl sites for hydroxylation is 2. The van der Waals surface area contributed by atoms with Crippen LogP contribution in [0.2, 0.25) is 0 Å². The Morgan fingerprint density at radius 1 is 1.25 bits per heavy atom. The van der Waals surface area contributed by atoms with Crippen LogP contribution in [-0.2, 0) is 24.2 Å². The van der Waals surface area contributed by atoms with Crippen molar-refractivity contribution in [2.45, 2.75) is 94.6 Å². The van der Waals surface area contributed by atoms with Gasteiger partial charge in [0.05, 0.1) is 10.6 Å². The average molecular weight is 420 g/mol. The monoisotopic (exact) mass is 419 g/mol. The molecule has 0 saturated heterocycles. The SMILES string of the molecule is CCn1c(S[C@@H](C)C(=O)NC2CCCCC2)nc2sc3c(c2c1=O)CCCC3. The predicted octanol–water partition coefficient (Wildman–Crippen LogP) is 4.29. The molecule has 2 aromatic rings. The summed E-state index contributed by atoms with van der Waals surface area (Å²) in [6.45, 7) is 4.47. The fourth-order valence-electron chi connectivity index (χ4n) is 4.37. The van der Waals surface area contributed by atoms with Crippen molar-refractivity contribution in [3.05, 3.63) is 20.8 Å². The third kappa shape index (κ3) is 3.88. The Hall–Kier alpha value is -1.34. The van der Waals surface area contributed by atoms with Crippen molar-refractivity contribution >= 4 is 39.2 Å². The molecule has 1 saturated carbocycles. The van der Waals surface area contributed by atoms with Crippen LogP contribution in [0.3, 0.4) is 0 Å². The second-order valence-electron chi connectivity index (χ2n) is 7.94. The van der Waals surface area contributed by atoms with Gasteiger partial charge in [0, 0.05) is 17.5 Å². The molecule has 1 N–H and O–H groups in total. The van der Waals surface area contributed by atoms with Crippen molar-refractivity contribution < 1.29 is 4.79 Å². The number of carbonyl (C=O) groups excluding carboxylic acids is 1. The molecule has 4 rings (SSSR count). The Balaban J connectivity index is 1.59. The van der Waals surface area contributed by atoms with Crippen LogP contribution in [0.25, 0.3) is 10.2 Å². The predicted molar refractivity (Wildman–Crippen MR) is 117 cm³/mol. The summed E-state index contributed by atoms with van der Waals surface area (Å²) in [7, 11) is 0. The third-order valence-electron chi connectivity index (χ3n) is 5.96. The largest absolute Gasteiger partial charge is 0.352 e. The molecule has 5 nitrogen and oxygen atoms in total. The van der Waals surface area contributed by atoms with Crippen LogP contribution in [0, 0.1) is 0 Å². The van der Waals surface area contributed by atoms with Crippen molar-refractivity contribution in [1.29, 1.82) is 0 Å². The van der Waals surface area contributed by atoms with E-state index in [4.69, 9.17) is 4.98 Å². The van der Waals surface area contributed by atoms with Gasteiger partial charge in [-0.3, -0.25) is 14.2 Å². The standard InChI is InChI=1S/C21H29N3O2S2/c1-3-24-20(26)17-15-11-7-8-12-16(15)28-19(17)23-21(24)27-13(2)18(25)22-14-9-5-4-6-10-14/h13-14H,3-12H2,1-2H3,(H,22,25)/t13-/m0/s1. The van der Waals surface area contributed by atoms with Gasteiger partial charge in [0.25, 0.3) is 5.56 Å². The van der Waals surface area contributed by atoms with Gasteiger partial charge in [-0.25, -0.2) is 4.98 Å². The van der Waals surface area contributed by atoms with Crippen LogP contribution in [0.1, 0.15) is 69.2 Å². The summed E-state index contributed by atoms with van der Waals surface area (Å²) in [6, 6.07) is 0.303. The van der Waals surface area contributed by atoms with Gasteiger partial charge >= 0.3 is 0 Å². The summed E-state index contributed by atoms with van der Waals surface area (Å²) in [5.41, 5.74) is 1.29. The lowest BCUT2D eigenvalue weighted by molar-refractivity contribution is -0.121. The summed E-state index contributed by atoms with van der Waals surface area (Å²) in [5, 5.41) is 4.43. The number of nitrogens with zero attached hydrogens (tertiary/aromatic N) is 2. The summed E-state index contributed by atoms with van der Waals surface area (Å²) in [6.07, 6.45) is 10.2. The maximum absolute atomic E-state index is 13.2. The maximum atomic E-state index is 13.2. The third-order valence-corrected chi connectivity index (χ3v) is 8.23. The molecule has 0 aromatic carbocycles. The van der Waals surface area contributed by atoms with Gasteiger partial charge in [-0.1, -0.05) is 31.0 Å². The minimum Gasteiger partial charge on any atom is -0.352 e. The summed E-state index contributed by atoms with van der Waals surface area (Å²) in [5.74, 6) is 0.0550. The molecular formula is C21H29N3O2S2. The highest BCUT2D eigenvalue weighted by Crippen LogP contribution is 2.35. The van der Waals surface area contributed by atoms with Crippen LogP contribution in [0.4, 0.5) is 0 Å². The number of hydrogen-bond acceptors (Lipinski definition) is 5. The van der Waals surface area contributed by atoms with Gasteiger partial charge < -0.3 is 5.32 Å². The number of rotatable bonds is 5. The van der Waals surface area contributed by atoms with Crippen LogP contribution in [0.15, 0.2) is 9.95 Å². The van der Waals surface area contributed by atoms with Crippen LogP contribution >= 0.6 is 23.1 Å². The van der Waals surface area contributed by atoms with Crippen molar-refractivity contribution in [2.75, 3.05) is 0 Å². The fourth-order valence-corrected chi connectivity index (χ4v) is 6.65. The zero-order chi connectivity index (χ0) is 19.7. The first-order chi connectivity index (χ1) is 13.6.